The fraction of sp³-hybridized carbons (Fsp3) is 0.0400. The van der Waals surface area contributed by atoms with Crippen LogP contribution in [0.15, 0.2) is 88.1 Å². The Hall–Kier alpha value is -4.72. The Morgan fingerprint density at radius 2 is 1.42 bits per heavy atom. The highest BCUT2D eigenvalue weighted by atomic mass is 16.6. The van der Waals surface area contributed by atoms with E-state index in [9.17, 15) is 14.9 Å². The van der Waals surface area contributed by atoms with Gasteiger partial charge < -0.3 is 4.42 Å². The molecule has 0 saturated heterocycles. The van der Waals surface area contributed by atoms with Gasteiger partial charge in [-0.1, -0.05) is 60.2 Å². The van der Waals surface area contributed by atoms with Crippen LogP contribution >= 0.6 is 0 Å². The van der Waals surface area contributed by atoms with Crippen molar-refractivity contribution in [1.29, 1.82) is 0 Å². The number of aryl methyl sites for hydroxylation is 1. The average molecular weight is 436 g/mol. The molecule has 160 valence electrons. The van der Waals surface area contributed by atoms with E-state index in [0.29, 0.717) is 17.0 Å². The van der Waals surface area contributed by atoms with Gasteiger partial charge in [-0.2, -0.15) is 0 Å². The molecular weight excluding hydrogens is 420 g/mol. The van der Waals surface area contributed by atoms with Crippen LogP contribution < -0.4 is 5.63 Å². The Bertz CT molecular complexity index is 1560. The summed E-state index contributed by atoms with van der Waals surface area (Å²) in [6, 6.07) is 22.8. The molecule has 0 aliphatic carbocycles. The molecule has 0 atom stereocenters. The highest BCUT2D eigenvalue weighted by Crippen LogP contribution is 2.26. The average Bonchev–Trinajstić information content (AvgIpc) is 2.84. The predicted molar refractivity (Wildman–Crippen MR) is 124 cm³/mol. The van der Waals surface area contributed by atoms with Crippen LogP contribution in [0.4, 0.5) is 5.69 Å². The lowest BCUT2D eigenvalue weighted by Gasteiger charge is -2.08. The second-order valence-electron chi connectivity index (χ2n) is 7.47. The Labute approximate surface area is 187 Å². The molecule has 0 aliphatic rings. The number of benzene rings is 3. The van der Waals surface area contributed by atoms with Crippen LogP contribution in [-0.2, 0) is 0 Å². The van der Waals surface area contributed by atoms with Gasteiger partial charge in [0.15, 0.2) is 17.5 Å². The molecule has 0 bridgehead atoms. The number of hydrogen-bond donors (Lipinski definition) is 0. The molecule has 2 aromatic heterocycles. The standard InChI is InChI=1S/C25H16N4O4/c1-15-7-9-17(10-8-15)23-26-22(16-5-3-2-4-6-16)27-24(28-23)20-13-18-11-12-19(29(31)32)14-21(18)33-25(20)30/h2-14H,1H3. The zero-order valence-electron chi connectivity index (χ0n) is 17.4. The molecule has 5 rings (SSSR count). The van der Waals surface area contributed by atoms with Crippen molar-refractivity contribution < 1.29 is 9.34 Å². The summed E-state index contributed by atoms with van der Waals surface area (Å²) in [7, 11) is 0. The molecule has 2 heterocycles. The fourth-order valence-electron chi connectivity index (χ4n) is 3.41. The first kappa shape index (κ1) is 20.2. The summed E-state index contributed by atoms with van der Waals surface area (Å²) in [6.45, 7) is 1.99. The molecule has 0 saturated carbocycles. The third kappa shape index (κ3) is 3.97. The van der Waals surface area contributed by atoms with E-state index in [1.165, 1.54) is 18.2 Å². The SMILES string of the molecule is Cc1ccc(-c2nc(-c3ccccc3)nc(-c3cc4ccc([N+](=O)[O-])cc4oc3=O)n2)cc1. The number of aromatic nitrogens is 3. The summed E-state index contributed by atoms with van der Waals surface area (Å²) in [5.74, 6) is 0.995. The molecule has 0 unspecified atom stereocenters. The van der Waals surface area contributed by atoms with E-state index in [1.54, 1.807) is 6.07 Å². The smallest absolute Gasteiger partial charge is 0.347 e. The largest absolute Gasteiger partial charge is 0.422 e. The highest BCUT2D eigenvalue weighted by Gasteiger charge is 2.17. The number of rotatable bonds is 4. The van der Waals surface area contributed by atoms with Crippen LogP contribution in [0, 0.1) is 17.0 Å². The molecule has 0 spiro atoms. The zero-order chi connectivity index (χ0) is 22.9. The van der Waals surface area contributed by atoms with Gasteiger partial charge in [0.2, 0.25) is 0 Å². The minimum absolute atomic E-state index is 0.119. The van der Waals surface area contributed by atoms with Gasteiger partial charge in [0.25, 0.3) is 5.69 Å². The molecule has 5 aromatic rings. The monoisotopic (exact) mass is 436 g/mol. The van der Waals surface area contributed by atoms with Gasteiger partial charge in [0.05, 0.1) is 11.0 Å². The van der Waals surface area contributed by atoms with Gasteiger partial charge in [-0.05, 0) is 19.1 Å². The Balaban J connectivity index is 1.72. The van der Waals surface area contributed by atoms with E-state index in [4.69, 9.17) is 4.42 Å². The van der Waals surface area contributed by atoms with Crippen molar-refractivity contribution in [2.75, 3.05) is 0 Å². The van der Waals surface area contributed by atoms with Crippen LogP contribution in [-0.4, -0.2) is 19.9 Å². The Kier molecular flexibility index (Phi) is 4.95. The second-order valence-corrected chi connectivity index (χ2v) is 7.47. The summed E-state index contributed by atoms with van der Waals surface area (Å²) >= 11 is 0. The predicted octanol–water partition coefficient (Wildman–Crippen LogP) is 5.20. The van der Waals surface area contributed by atoms with Crippen molar-refractivity contribution >= 4 is 16.7 Å². The normalized spacial score (nSPS) is 10.9. The second kappa shape index (κ2) is 8.08. The summed E-state index contributed by atoms with van der Waals surface area (Å²) in [5.41, 5.74) is 2.06. The summed E-state index contributed by atoms with van der Waals surface area (Å²) < 4.78 is 5.38. The highest BCUT2D eigenvalue weighted by molar-refractivity contribution is 5.82. The summed E-state index contributed by atoms with van der Waals surface area (Å²) in [5, 5.41) is 11.6. The van der Waals surface area contributed by atoms with Crippen molar-refractivity contribution in [3.05, 3.63) is 105 Å². The van der Waals surface area contributed by atoms with E-state index in [1.807, 2.05) is 61.5 Å². The summed E-state index contributed by atoms with van der Waals surface area (Å²) in [6.07, 6.45) is 0. The van der Waals surface area contributed by atoms with E-state index in [-0.39, 0.29) is 22.7 Å². The number of nitro benzene ring substituents is 1. The first-order chi connectivity index (χ1) is 16.0. The fourth-order valence-corrected chi connectivity index (χ4v) is 3.41. The van der Waals surface area contributed by atoms with Crippen LogP contribution in [0.1, 0.15) is 5.56 Å². The quantitative estimate of drug-likeness (QED) is 0.216. The number of non-ortho nitro benzene ring substituents is 1. The molecule has 3 aromatic carbocycles. The van der Waals surface area contributed by atoms with Crippen LogP contribution in [0.3, 0.4) is 0 Å². The molecule has 8 nitrogen and oxygen atoms in total. The molecule has 0 aliphatic heterocycles. The molecule has 0 fully saturated rings. The maximum Gasteiger partial charge on any atom is 0.347 e. The first-order valence-corrected chi connectivity index (χ1v) is 10.1. The van der Waals surface area contributed by atoms with Crippen molar-refractivity contribution in [1.82, 2.24) is 15.0 Å². The van der Waals surface area contributed by atoms with Crippen molar-refractivity contribution in [3.63, 3.8) is 0 Å². The lowest BCUT2D eigenvalue weighted by Crippen LogP contribution is -2.08. The number of nitro groups is 1. The maximum absolute atomic E-state index is 12.8. The maximum atomic E-state index is 12.8. The van der Waals surface area contributed by atoms with Gasteiger partial charge in [-0.25, -0.2) is 19.7 Å². The zero-order valence-corrected chi connectivity index (χ0v) is 17.4. The summed E-state index contributed by atoms with van der Waals surface area (Å²) in [4.78, 5) is 37.0. The molecule has 0 radical (unpaired) electrons. The third-order valence-corrected chi connectivity index (χ3v) is 5.15. The minimum Gasteiger partial charge on any atom is -0.422 e. The first-order valence-electron chi connectivity index (χ1n) is 10.1. The van der Waals surface area contributed by atoms with Crippen molar-refractivity contribution in [3.8, 4) is 34.2 Å². The molecular formula is C25H16N4O4. The van der Waals surface area contributed by atoms with E-state index in [2.05, 4.69) is 15.0 Å². The van der Waals surface area contributed by atoms with Gasteiger partial charge in [-0.3, -0.25) is 10.1 Å². The van der Waals surface area contributed by atoms with Crippen LogP contribution in [0.25, 0.3) is 45.1 Å². The molecule has 0 N–H and O–H groups in total. The van der Waals surface area contributed by atoms with Crippen molar-refractivity contribution in [2.45, 2.75) is 6.92 Å². The van der Waals surface area contributed by atoms with Crippen LogP contribution in [0.2, 0.25) is 0 Å². The third-order valence-electron chi connectivity index (χ3n) is 5.15. The van der Waals surface area contributed by atoms with E-state index >= 15 is 0 Å². The van der Waals surface area contributed by atoms with E-state index < -0.39 is 10.5 Å². The van der Waals surface area contributed by atoms with E-state index in [0.717, 1.165) is 16.7 Å². The van der Waals surface area contributed by atoms with Gasteiger partial charge in [0, 0.05) is 22.6 Å². The van der Waals surface area contributed by atoms with Gasteiger partial charge in [0.1, 0.15) is 11.1 Å². The van der Waals surface area contributed by atoms with Crippen LogP contribution in [0.5, 0.6) is 0 Å². The molecule has 8 heteroatoms. The molecule has 0 amide bonds. The molecule has 33 heavy (non-hydrogen) atoms. The van der Waals surface area contributed by atoms with Crippen molar-refractivity contribution in [2.24, 2.45) is 0 Å². The lowest BCUT2D eigenvalue weighted by molar-refractivity contribution is -0.384. The number of hydrogen-bond acceptors (Lipinski definition) is 7. The Morgan fingerprint density at radius 1 is 0.788 bits per heavy atom. The van der Waals surface area contributed by atoms with Gasteiger partial charge in [-0.15, -0.1) is 0 Å². The lowest BCUT2D eigenvalue weighted by atomic mass is 10.1. The number of nitrogens with zero attached hydrogens (tertiary/aromatic N) is 4. The topological polar surface area (TPSA) is 112 Å². The number of fused-ring (bicyclic) bond motifs is 1. The van der Waals surface area contributed by atoms with Gasteiger partial charge >= 0.3 is 5.63 Å². The Morgan fingerprint density at radius 3 is 2.09 bits per heavy atom. The minimum atomic E-state index is -0.692.